The summed E-state index contributed by atoms with van der Waals surface area (Å²) in [5, 5.41) is 11.0. The first-order valence-electron chi connectivity index (χ1n) is 9.94. The molecule has 0 atom stereocenters. The van der Waals surface area contributed by atoms with E-state index in [-0.39, 0.29) is 5.84 Å². The smallest absolute Gasteiger partial charge is 0.279 e. The van der Waals surface area contributed by atoms with Gasteiger partial charge in [0.1, 0.15) is 17.3 Å². The minimum Gasteiger partial charge on any atom is -0.515 e. The average molecular weight is 443 g/mol. The van der Waals surface area contributed by atoms with E-state index in [2.05, 4.69) is 9.98 Å². The summed E-state index contributed by atoms with van der Waals surface area (Å²) in [5.74, 6) is 1.74. The van der Waals surface area contributed by atoms with Gasteiger partial charge in [-0.05, 0) is 47.2 Å². The van der Waals surface area contributed by atoms with Crippen LogP contribution in [0, 0.1) is 0 Å². The number of hydrogen-bond donors (Lipinski definition) is 2. The molecule has 1 heterocycles. The molecule has 4 rings (SSSR count). The number of amides is 1. The van der Waals surface area contributed by atoms with Gasteiger partial charge in [-0.1, -0.05) is 12.1 Å². The molecule has 0 unspecified atom stereocenters. The first-order chi connectivity index (χ1) is 16.0. The zero-order valence-corrected chi connectivity index (χ0v) is 18.0. The number of methoxy groups -OCH3 is 2. The van der Waals surface area contributed by atoms with Gasteiger partial charge in [-0.3, -0.25) is 9.78 Å². The standard InChI is InChI=1S/C25H21N3O5/c1-31-22-13-19-20(14-23(22)32-2)27-10-8-21(19)33-16-6-7-17-15(12-16)4-3-5-18(17)25(30)28-24(26)9-11-29/h3-14,29H,1-2H3,(H2,26,28,30)/b11-9-. The van der Waals surface area contributed by atoms with E-state index in [0.29, 0.717) is 39.5 Å². The van der Waals surface area contributed by atoms with Gasteiger partial charge in [0.15, 0.2) is 11.5 Å². The van der Waals surface area contributed by atoms with Crippen molar-refractivity contribution in [3.63, 3.8) is 0 Å². The molecule has 3 N–H and O–H groups in total. The molecule has 0 aliphatic rings. The molecule has 8 heteroatoms. The van der Waals surface area contributed by atoms with E-state index in [0.717, 1.165) is 23.1 Å². The molecule has 0 fully saturated rings. The van der Waals surface area contributed by atoms with Crippen molar-refractivity contribution in [1.82, 2.24) is 4.98 Å². The maximum atomic E-state index is 12.5. The molecule has 0 saturated carbocycles. The first kappa shape index (κ1) is 21.6. The van der Waals surface area contributed by atoms with Gasteiger partial charge in [0.2, 0.25) is 0 Å². The Hall–Kier alpha value is -4.59. The van der Waals surface area contributed by atoms with Crippen molar-refractivity contribution in [1.29, 1.82) is 0 Å². The predicted molar refractivity (Wildman–Crippen MR) is 127 cm³/mol. The second-order valence-corrected chi connectivity index (χ2v) is 6.98. The fraction of sp³-hybridized carbons (Fsp3) is 0.0800. The Morgan fingerprint density at radius 1 is 1.00 bits per heavy atom. The molecule has 4 aromatic rings. The number of carbonyl (C=O) groups excluding carboxylic acids is 1. The number of nitrogens with two attached hydrogens (primary N) is 1. The molecule has 3 aromatic carbocycles. The van der Waals surface area contributed by atoms with Crippen LogP contribution in [0.25, 0.3) is 21.7 Å². The quantitative estimate of drug-likeness (QED) is 0.251. The van der Waals surface area contributed by atoms with Crippen LogP contribution in [0.3, 0.4) is 0 Å². The van der Waals surface area contributed by atoms with Gasteiger partial charge in [0.25, 0.3) is 5.91 Å². The van der Waals surface area contributed by atoms with Gasteiger partial charge in [-0.15, -0.1) is 0 Å². The maximum Gasteiger partial charge on any atom is 0.279 e. The number of aromatic nitrogens is 1. The van der Waals surface area contributed by atoms with Crippen LogP contribution in [0.1, 0.15) is 10.4 Å². The topological polar surface area (TPSA) is 116 Å². The molecule has 0 bridgehead atoms. The Morgan fingerprint density at radius 2 is 1.79 bits per heavy atom. The molecule has 8 nitrogen and oxygen atoms in total. The predicted octanol–water partition coefficient (Wildman–Crippen LogP) is 4.77. The highest BCUT2D eigenvalue weighted by atomic mass is 16.5. The second kappa shape index (κ2) is 9.27. The van der Waals surface area contributed by atoms with Crippen molar-refractivity contribution in [2.75, 3.05) is 14.2 Å². The minimum absolute atomic E-state index is 0.0870. The molecule has 0 spiro atoms. The number of amidine groups is 1. The molecular weight excluding hydrogens is 422 g/mol. The number of pyridine rings is 1. The zero-order chi connectivity index (χ0) is 23.4. The first-order valence-corrected chi connectivity index (χ1v) is 9.94. The fourth-order valence-corrected chi connectivity index (χ4v) is 3.47. The Bertz CT molecular complexity index is 1410. The van der Waals surface area contributed by atoms with Crippen LogP contribution in [-0.4, -0.2) is 36.1 Å². The Morgan fingerprint density at radius 3 is 2.55 bits per heavy atom. The number of hydrogen-bond acceptors (Lipinski definition) is 6. The van der Waals surface area contributed by atoms with Crippen molar-refractivity contribution in [3.8, 4) is 23.0 Å². The lowest BCUT2D eigenvalue weighted by atomic mass is 10.0. The molecule has 0 radical (unpaired) electrons. The van der Waals surface area contributed by atoms with Crippen molar-refractivity contribution in [3.05, 3.63) is 78.7 Å². The van der Waals surface area contributed by atoms with E-state index in [1.165, 1.54) is 0 Å². The Kier molecular flexibility index (Phi) is 6.08. The SMILES string of the molecule is COc1cc2nccc(Oc3ccc4c(C(=O)N=C(N)/C=C\O)cccc4c3)c2cc1OC. The van der Waals surface area contributed by atoms with E-state index >= 15 is 0 Å². The lowest BCUT2D eigenvalue weighted by Gasteiger charge is -2.13. The molecule has 0 aliphatic carbocycles. The molecule has 33 heavy (non-hydrogen) atoms. The van der Waals surface area contributed by atoms with Crippen molar-refractivity contribution in [2.45, 2.75) is 0 Å². The maximum absolute atomic E-state index is 12.5. The number of fused-ring (bicyclic) bond motifs is 2. The van der Waals surface area contributed by atoms with Crippen LogP contribution in [0.5, 0.6) is 23.0 Å². The monoisotopic (exact) mass is 443 g/mol. The third kappa shape index (κ3) is 4.40. The number of aliphatic hydroxyl groups is 1. The van der Waals surface area contributed by atoms with Crippen LogP contribution in [-0.2, 0) is 0 Å². The molecule has 1 amide bonds. The number of aliphatic hydroxyl groups excluding tert-OH is 1. The fourth-order valence-electron chi connectivity index (χ4n) is 3.47. The minimum atomic E-state index is -0.508. The number of rotatable bonds is 6. The van der Waals surface area contributed by atoms with Crippen LogP contribution in [0.4, 0.5) is 0 Å². The Balaban J connectivity index is 1.72. The largest absolute Gasteiger partial charge is 0.515 e. The van der Waals surface area contributed by atoms with Crippen LogP contribution >= 0.6 is 0 Å². The third-order valence-corrected chi connectivity index (χ3v) is 4.99. The van der Waals surface area contributed by atoms with Crippen molar-refractivity contribution in [2.24, 2.45) is 10.7 Å². The van der Waals surface area contributed by atoms with Crippen LogP contribution < -0.4 is 19.9 Å². The summed E-state index contributed by atoms with van der Waals surface area (Å²) in [4.78, 5) is 20.7. The van der Waals surface area contributed by atoms with E-state index in [1.807, 2.05) is 18.2 Å². The zero-order valence-electron chi connectivity index (χ0n) is 18.0. The highest BCUT2D eigenvalue weighted by Gasteiger charge is 2.13. The van der Waals surface area contributed by atoms with Gasteiger partial charge in [-0.2, -0.15) is 4.99 Å². The lowest BCUT2D eigenvalue weighted by Crippen LogP contribution is -2.11. The molecule has 1 aromatic heterocycles. The number of ether oxygens (including phenoxy) is 3. The normalized spacial score (nSPS) is 11.8. The van der Waals surface area contributed by atoms with Gasteiger partial charge < -0.3 is 25.1 Å². The number of nitrogens with zero attached hydrogens (tertiary/aromatic N) is 2. The Labute approximate surface area is 189 Å². The van der Waals surface area contributed by atoms with Crippen LogP contribution in [0.15, 0.2) is 78.1 Å². The van der Waals surface area contributed by atoms with Crippen molar-refractivity contribution < 1.29 is 24.1 Å². The summed E-state index contributed by atoms with van der Waals surface area (Å²) < 4.78 is 16.9. The summed E-state index contributed by atoms with van der Waals surface area (Å²) in [5.41, 5.74) is 6.69. The second-order valence-electron chi connectivity index (χ2n) is 6.98. The lowest BCUT2D eigenvalue weighted by molar-refractivity contribution is 0.100. The number of aliphatic imine (C=N–C) groups is 1. The molecule has 166 valence electrons. The molecular formula is C25H21N3O5. The third-order valence-electron chi connectivity index (χ3n) is 4.99. The van der Waals surface area contributed by atoms with Gasteiger partial charge >= 0.3 is 0 Å². The van der Waals surface area contributed by atoms with E-state index in [1.54, 1.807) is 56.8 Å². The summed E-state index contributed by atoms with van der Waals surface area (Å²) in [6.07, 6.45) is 3.52. The molecule has 0 saturated heterocycles. The van der Waals surface area contributed by atoms with E-state index < -0.39 is 5.91 Å². The van der Waals surface area contributed by atoms with Crippen LogP contribution in [0.2, 0.25) is 0 Å². The average Bonchev–Trinajstić information content (AvgIpc) is 2.83. The number of benzene rings is 3. The van der Waals surface area contributed by atoms with E-state index in [9.17, 15) is 4.79 Å². The summed E-state index contributed by atoms with van der Waals surface area (Å²) in [6.45, 7) is 0. The summed E-state index contributed by atoms with van der Waals surface area (Å²) >= 11 is 0. The highest BCUT2D eigenvalue weighted by Crippen LogP contribution is 2.37. The summed E-state index contributed by atoms with van der Waals surface area (Å²) in [7, 11) is 3.14. The van der Waals surface area contributed by atoms with Crippen molar-refractivity contribution >= 4 is 33.4 Å². The molecule has 0 aliphatic heterocycles. The van der Waals surface area contributed by atoms with Gasteiger partial charge in [-0.25, -0.2) is 0 Å². The number of carbonyl (C=O) groups is 1. The summed E-state index contributed by atoms with van der Waals surface area (Å²) in [6, 6.07) is 16.1. The van der Waals surface area contributed by atoms with Gasteiger partial charge in [0, 0.05) is 29.3 Å². The highest BCUT2D eigenvalue weighted by molar-refractivity contribution is 6.12. The van der Waals surface area contributed by atoms with E-state index in [4.69, 9.17) is 25.1 Å². The van der Waals surface area contributed by atoms with Gasteiger partial charge in [0.05, 0.1) is 26.0 Å².